The molecule has 0 aliphatic carbocycles. The van der Waals surface area contributed by atoms with Crippen molar-refractivity contribution in [2.24, 2.45) is 5.73 Å². The quantitative estimate of drug-likeness (QED) is 0.340. The number of nitrogens with two attached hydrogens (primary N) is 1. The van der Waals surface area contributed by atoms with Crippen molar-refractivity contribution in [1.82, 2.24) is 4.90 Å². The van der Waals surface area contributed by atoms with Crippen molar-refractivity contribution in [1.29, 1.82) is 0 Å². The van der Waals surface area contributed by atoms with Crippen LogP contribution in [0.15, 0.2) is 101 Å². The third kappa shape index (κ3) is 6.92. The molecule has 0 aromatic heterocycles. The van der Waals surface area contributed by atoms with Crippen molar-refractivity contribution >= 4 is 40.9 Å². The molecule has 0 heterocycles. The maximum Gasteiger partial charge on any atom is 0.270 e. The van der Waals surface area contributed by atoms with Crippen LogP contribution in [0.5, 0.6) is 0 Å². The second-order valence-electron chi connectivity index (χ2n) is 7.24. The number of hydrogen-bond donors (Lipinski definition) is 1. The van der Waals surface area contributed by atoms with Crippen LogP contribution < -0.4 is 5.73 Å². The third-order valence-corrected chi connectivity index (χ3v) is 6.31. The van der Waals surface area contributed by atoms with Crippen LogP contribution in [0.1, 0.15) is 16.7 Å². The summed E-state index contributed by atoms with van der Waals surface area (Å²) in [6.07, 6.45) is 0.485. The molecule has 0 atom stereocenters. The molecule has 0 unspecified atom stereocenters. The van der Waals surface area contributed by atoms with Gasteiger partial charge in [0.2, 0.25) is 0 Å². The molecule has 6 heteroatoms. The molecule has 0 aliphatic rings. The third-order valence-electron chi connectivity index (χ3n) is 4.75. The van der Waals surface area contributed by atoms with E-state index in [1.165, 1.54) is 11.8 Å². The van der Waals surface area contributed by atoms with Crippen LogP contribution in [0.2, 0.25) is 10.0 Å². The van der Waals surface area contributed by atoms with Crippen LogP contribution in [-0.4, -0.2) is 10.8 Å². The van der Waals surface area contributed by atoms with Gasteiger partial charge in [0.05, 0.1) is 0 Å². The van der Waals surface area contributed by atoms with Gasteiger partial charge in [-0.25, -0.2) is 0 Å². The number of benzene rings is 3. The lowest BCUT2D eigenvalue weighted by atomic mass is 10.1. The zero-order valence-electron chi connectivity index (χ0n) is 17.5. The van der Waals surface area contributed by atoms with E-state index in [2.05, 4.69) is 6.58 Å². The van der Waals surface area contributed by atoms with E-state index in [0.29, 0.717) is 29.6 Å². The number of allylic oxidation sites excluding steroid dienone is 1. The predicted octanol–water partition coefficient (Wildman–Crippen LogP) is 6.81. The highest BCUT2D eigenvalue weighted by molar-refractivity contribution is 8.05. The molecular weight excluding hydrogens is 459 g/mol. The van der Waals surface area contributed by atoms with Crippen molar-refractivity contribution in [3.05, 3.63) is 128 Å². The Morgan fingerprint density at radius 2 is 1.38 bits per heavy atom. The number of amides is 1. The van der Waals surface area contributed by atoms with Crippen molar-refractivity contribution in [3.63, 3.8) is 0 Å². The minimum absolute atomic E-state index is 0.160. The molecular formula is C26H24Cl2N2OS. The number of rotatable bonds is 9. The van der Waals surface area contributed by atoms with Gasteiger partial charge in [-0.05, 0) is 33.7 Å². The fourth-order valence-electron chi connectivity index (χ4n) is 3.13. The number of hydrogen-bond acceptors (Lipinski definition) is 3. The highest BCUT2D eigenvalue weighted by Crippen LogP contribution is 2.30. The lowest BCUT2D eigenvalue weighted by Crippen LogP contribution is -2.33. The molecule has 0 fully saturated rings. The zero-order valence-corrected chi connectivity index (χ0v) is 19.8. The van der Waals surface area contributed by atoms with Crippen molar-refractivity contribution < 1.29 is 4.79 Å². The summed E-state index contributed by atoms with van der Waals surface area (Å²) >= 11 is 13.8. The van der Waals surface area contributed by atoms with E-state index in [1.54, 1.807) is 28.5 Å². The van der Waals surface area contributed by atoms with Crippen LogP contribution in [0.4, 0.5) is 0 Å². The first-order chi connectivity index (χ1) is 15.4. The Morgan fingerprint density at radius 1 is 0.875 bits per heavy atom. The largest absolute Gasteiger partial charge is 0.394 e. The molecule has 0 saturated heterocycles. The average Bonchev–Trinajstić information content (AvgIpc) is 2.80. The Morgan fingerprint density at radius 3 is 1.88 bits per heavy atom. The first-order valence-corrected chi connectivity index (χ1v) is 11.7. The average molecular weight is 483 g/mol. The summed E-state index contributed by atoms with van der Waals surface area (Å²) < 4.78 is 0. The maximum absolute atomic E-state index is 13.2. The summed E-state index contributed by atoms with van der Waals surface area (Å²) in [6, 6.07) is 25.1. The number of thioether (sulfide) groups is 1. The Hall–Kier alpha value is -2.66. The van der Waals surface area contributed by atoms with Gasteiger partial charge < -0.3 is 10.6 Å². The summed E-state index contributed by atoms with van der Waals surface area (Å²) in [6.45, 7) is 4.99. The Balaban J connectivity index is 1.71. The lowest BCUT2D eigenvalue weighted by Gasteiger charge is -2.23. The maximum atomic E-state index is 13.2. The van der Waals surface area contributed by atoms with E-state index < -0.39 is 0 Å². The predicted molar refractivity (Wildman–Crippen MR) is 136 cm³/mol. The van der Waals surface area contributed by atoms with Gasteiger partial charge in [0.25, 0.3) is 5.91 Å². The molecule has 1 amide bonds. The van der Waals surface area contributed by atoms with E-state index in [-0.39, 0.29) is 11.6 Å². The molecule has 0 bridgehead atoms. The fraction of sp³-hybridized carbons (Fsp3) is 0.115. The van der Waals surface area contributed by atoms with Crippen molar-refractivity contribution in [2.75, 3.05) is 0 Å². The Bertz CT molecular complexity index is 1040. The standard InChI is InChI=1S/C26H24Cl2N2OS/c1-19(15-22-23(27)13-8-14-24(22)28)32-18-25(29)26(31)30(16-20-9-4-2-5-10-20)17-21-11-6-3-7-12-21/h2-14,18H,1,15-17,29H2/b25-18-. The number of carbonyl (C=O) groups is 1. The zero-order chi connectivity index (χ0) is 22.9. The minimum atomic E-state index is -0.228. The van der Waals surface area contributed by atoms with Crippen molar-refractivity contribution in [2.45, 2.75) is 19.5 Å². The Kier molecular flexibility index (Phi) is 8.86. The number of carbonyl (C=O) groups excluding carboxylic acids is 1. The Labute approximate surface area is 203 Å². The van der Waals surface area contributed by atoms with E-state index >= 15 is 0 Å². The second-order valence-corrected chi connectivity index (χ2v) is 9.10. The highest BCUT2D eigenvalue weighted by atomic mass is 35.5. The van der Waals surface area contributed by atoms with E-state index in [9.17, 15) is 4.79 Å². The molecule has 164 valence electrons. The van der Waals surface area contributed by atoms with E-state index in [1.807, 2.05) is 60.7 Å². The van der Waals surface area contributed by atoms with E-state index in [0.717, 1.165) is 21.6 Å². The van der Waals surface area contributed by atoms with Crippen LogP contribution >= 0.6 is 35.0 Å². The van der Waals surface area contributed by atoms with Crippen LogP contribution in [0.25, 0.3) is 0 Å². The first-order valence-electron chi connectivity index (χ1n) is 10.0. The van der Waals surface area contributed by atoms with Gasteiger partial charge in [0.15, 0.2) is 0 Å². The van der Waals surface area contributed by atoms with Crippen LogP contribution in [0.3, 0.4) is 0 Å². The number of nitrogens with zero attached hydrogens (tertiary/aromatic N) is 1. The molecule has 3 aromatic carbocycles. The molecule has 0 aliphatic heterocycles. The van der Waals surface area contributed by atoms with Gasteiger partial charge in [-0.1, -0.05) is 96.5 Å². The normalized spacial score (nSPS) is 11.2. The minimum Gasteiger partial charge on any atom is -0.394 e. The van der Waals surface area contributed by atoms with Gasteiger partial charge in [0.1, 0.15) is 5.70 Å². The smallest absolute Gasteiger partial charge is 0.270 e. The number of halogens is 2. The van der Waals surface area contributed by atoms with Gasteiger partial charge >= 0.3 is 0 Å². The van der Waals surface area contributed by atoms with Gasteiger partial charge in [0, 0.05) is 35.0 Å². The van der Waals surface area contributed by atoms with Gasteiger partial charge in [-0.15, -0.1) is 11.8 Å². The van der Waals surface area contributed by atoms with E-state index in [4.69, 9.17) is 28.9 Å². The lowest BCUT2D eigenvalue weighted by molar-refractivity contribution is -0.128. The van der Waals surface area contributed by atoms with Crippen LogP contribution in [0, 0.1) is 0 Å². The molecule has 3 aromatic rings. The van der Waals surface area contributed by atoms with Gasteiger partial charge in [-0.3, -0.25) is 4.79 Å². The molecule has 0 radical (unpaired) electrons. The van der Waals surface area contributed by atoms with Crippen molar-refractivity contribution in [3.8, 4) is 0 Å². The summed E-state index contributed by atoms with van der Waals surface area (Å²) in [5, 5.41) is 2.81. The fourth-order valence-corrected chi connectivity index (χ4v) is 4.28. The summed E-state index contributed by atoms with van der Waals surface area (Å²) in [5.41, 5.74) is 9.22. The SMILES string of the molecule is C=C(Cc1c(Cl)cccc1Cl)S/C=C(\N)C(=O)N(Cc1ccccc1)Cc1ccccc1. The molecule has 3 nitrogen and oxygen atoms in total. The summed E-state index contributed by atoms with van der Waals surface area (Å²) in [4.78, 5) is 15.7. The van der Waals surface area contributed by atoms with Gasteiger partial charge in [-0.2, -0.15) is 0 Å². The molecule has 32 heavy (non-hydrogen) atoms. The van der Waals surface area contributed by atoms with Crippen LogP contribution in [-0.2, 0) is 24.3 Å². The topological polar surface area (TPSA) is 46.3 Å². The molecule has 0 spiro atoms. The second kappa shape index (κ2) is 11.8. The first kappa shape index (κ1) is 24.0. The molecule has 3 rings (SSSR count). The summed E-state index contributed by atoms with van der Waals surface area (Å²) in [7, 11) is 0. The molecule has 0 saturated carbocycles. The summed E-state index contributed by atoms with van der Waals surface area (Å²) in [5.74, 6) is -0.228. The highest BCUT2D eigenvalue weighted by Gasteiger charge is 2.17. The monoisotopic (exact) mass is 482 g/mol. The molecule has 2 N–H and O–H groups in total.